The molecule has 6 heteroatoms. The maximum absolute atomic E-state index is 12.2. The molecule has 0 fully saturated rings. The molecule has 2 aromatic rings. The first kappa shape index (κ1) is 19.2. The zero-order chi connectivity index (χ0) is 19.1. The Hall–Kier alpha value is -3.15. The van der Waals surface area contributed by atoms with Gasteiger partial charge in [-0.25, -0.2) is 0 Å². The fourth-order valence-corrected chi connectivity index (χ4v) is 2.29. The van der Waals surface area contributed by atoms with Gasteiger partial charge in [-0.15, -0.1) is 0 Å². The lowest BCUT2D eigenvalue weighted by Gasteiger charge is -2.18. The van der Waals surface area contributed by atoms with E-state index in [1.165, 1.54) is 13.8 Å². The Kier molecular flexibility index (Phi) is 6.49. The molecular formula is C20H22N2O4. The van der Waals surface area contributed by atoms with Crippen LogP contribution in [0.25, 0.3) is 0 Å². The van der Waals surface area contributed by atoms with E-state index in [2.05, 4.69) is 5.32 Å². The highest BCUT2D eigenvalue weighted by Crippen LogP contribution is 2.17. The first-order valence-electron chi connectivity index (χ1n) is 8.20. The highest BCUT2D eigenvalue weighted by atomic mass is 16.5. The Balaban J connectivity index is 1.99. The molecule has 136 valence electrons. The van der Waals surface area contributed by atoms with E-state index in [-0.39, 0.29) is 24.2 Å². The van der Waals surface area contributed by atoms with Crippen molar-refractivity contribution >= 4 is 23.3 Å². The van der Waals surface area contributed by atoms with Crippen LogP contribution in [0.4, 0.5) is 5.69 Å². The van der Waals surface area contributed by atoms with Gasteiger partial charge in [0.15, 0.2) is 12.4 Å². The molecular weight excluding hydrogens is 332 g/mol. The predicted molar refractivity (Wildman–Crippen MR) is 99.2 cm³/mol. The summed E-state index contributed by atoms with van der Waals surface area (Å²) in [6.45, 7) is 3.18. The van der Waals surface area contributed by atoms with Crippen LogP contribution in [0.3, 0.4) is 0 Å². The first-order valence-corrected chi connectivity index (χ1v) is 8.20. The zero-order valence-electron chi connectivity index (χ0n) is 15.1. The summed E-state index contributed by atoms with van der Waals surface area (Å²) in [5.41, 5.74) is 1.99. The molecule has 0 radical (unpaired) electrons. The second-order valence-corrected chi connectivity index (χ2v) is 5.95. The SMILES string of the molecule is CC(=O)c1cccc(OCC(=O)Nc2ccccc2CN(C)C(C)=O)c1. The van der Waals surface area contributed by atoms with Gasteiger partial charge in [-0.3, -0.25) is 14.4 Å². The number of Topliss-reactive ketones (excluding diaryl/α,β-unsaturated/α-hetero) is 1. The van der Waals surface area contributed by atoms with Crippen LogP contribution in [0.15, 0.2) is 48.5 Å². The fourth-order valence-electron chi connectivity index (χ4n) is 2.29. The topological polar surface area (TPSA) is 75.7 Å². The second kappa shape index (κ2) is 8.80. The molecule has 2 rings (SSSR count). The number of nitrogens with zero attached hydrogens (tertiary/aromatic N) is 1. The molecule has 0 unspecified atom stereocenters. The number of carbonyl (C=O) groups excluding carboxylic acids is 3. The van der Waals surface area contributed by atoms with Crippen LogP contribution < -0.4 is 10.1 Å². The Morgan fingerprint density at radius 1 is 1.04 bits per heavy atom. The Morgan fingerprint density at radius 3 is 2.46 bits per heavy atom. The summed E-state index contributed by atoms with van der Waals surface area (Å²) in [6, 6.07) is 14.0. The molecule has 1 N–H and O–H groups in total. The van der Waals surface area contributed by atoms with E-state index in [1.807, 2.05) is 18.2 Å². The molecule has 0 spiro atoms. The maximum Gasteiger partial charge on any atom is 0.262 e. The number of amides is 2. The normalized spacial score (nSPS) is 10.1. The van der Waals surface area contributed by atoms with Gasteiger partial charge in [0.1, 0.15) is 5.75 Å². The number of hydrogen-bond donors (Lipinski definition) is 1. The van der Waals surface area contributed by atoms with E-state index >= 15 is 0 Å². The number of rotatable bonds is 7. The van der Waals surface area contributed by atoms with Crippen molar-refractivity contribution in [2.24, 2.45) is 0 Å². The smallest absolute Gasteiger partial charge is 0.262 e. The summed E-state index contributed by atoms with van der Waals surface area (Å²) in [5.74, 6) is 0.0110. The van der Waals surface area contributed by atoms with Crippen molar-refractivity contribution in [3.05, 3.63) is 59.7 Å². The van der Waals surface area contributed by atoms with Crippen molar-refractivity contribution in [2.75, 3.05) is 19.0 Å². The van der Waals surface area contributed by atoms with Crippen LogP contribution in [0, 0.1) is 0 Å². The third-order valence-corrected chi connectivity index (χ3v) is 3.85. The lowest BCUT2D eigenvalue weighted by Crippen LogP contribution is -2.25. The molecule has 6 nitrogen and oxygen atoms in total. The molecule has 0 aliphatic heterocycles. The van der Waals surface area contributed by atoms with Crippen LogP contribution in [-0.2, 0) is 16.1 Å². The maximum atomic E-state index is 12.2. The monoisotopic (exact) mass is 354 g/mol. The van der Waals surface area contributed by atoms with Crippen LogP contribution in [0.1, 0.15) is 29.8 Å². The minimum Gasteiger partial charge on any atom is -0.484 e. The Bertz CT molecular complexity index is 817. The van der Waals surface area contributed by atoms with E-state index in [9.17, 15) is 14.4 Å². The highest BCUT2D eigenvalue weighted by molar-refractivity contribution is 5.94. The number of benzene rings is 2. The zero-order valence-corrected chi connectivity index (χ0v) is 15.1. The predicted octanol–water partition coefficient (Wildman–Crippen LogP) is 2.89. The van der Waals surface area contributed by atoms with Gasteiger partial charge in [-0.2, -0.15) is 0 Å². The summed E-state index contributed by atoms with van der Waals surface area (Å²) >= 11 is 0. The van der Waals surface area contributed by atoms with Gasteiger partial charge in [-0.05, 0) is 30.7 Å². The largest absolute Gasteiger partial charge is 0.484 e. The van der Waals surface area contributed by atoms with E-state index in [1.54, 1.807) is 42.3 Å². The van der Waals surface area contributed by atoms with Crippen LogP contribution in [-0.4, -0.2) is 36.2 Å². The van der Waals surface area contributed by atoms with Crippen molar-refractivity contribution in [3.63, 3.8) is 0 Å². The van der Waals surface area contributed by atoms with Crippen molar-refractivity contribution in [3.8, 4) is 5.75 Å². The number of ketones is 1. The molecule has 0 aliphatic rings. The van der Waals surface area contributed by atoms with Crippen LogP contribution >= 0.6 is 0 Å². The standard InChI is InChI=1S/C20H22N2O4/c1-14(23)16-8-6-9-18(11-16)26-13-20(25)21-19-10-5-4-7-17(19)12-22(3)15(2)24/h4-11H,12-13H2,1-3H3,(H,21,25). The van der Waals surface area contributed by atoms with Gasteiger partial charge in [0.25, 0.3) is 5.91 Å². The highest BCUT2D eigenvalue weighted by Gasteiger charge is 2.11. The number of para-hydroxylation sites is 1. The van der Waals surface area contributed by atoms with E-state index in [0.717, 1.165) is 5.56 Å². The third kappa shape index (κ3) is 5.44. The van der Waals surface area contributed by atoms with E-state index < -0.39 is 0 Å². The molecule has 0 bridgehead atoms. The van der Waals surface area contributed by atoms with Crippen molar-refractivity contribution in [2.45, 2.75) is 20.4 Å². The summed E-state index contributed by atoms with van der Waals surface area (Å²) in [4.78, 5) is 36.6. The van der Waals surface area contributed by atoms with Gasteiger partial charge >= 0.3 is 0 Å². The van der Waals surface area contributed by atoms with Crippen LogP contribution in [0.2, 0.25) is 0 Å². The summed E-state index contributed by atoms with van der Waals surface area (Å²) in [6.07, 6.45) is 0. The van der Waals surface area contributed by atoms with Crippen molar-refractivity contribution in [1.82, 2.24) is 4.90 Å². The van der Waals surface area contributed by atoms with Gasteiger partial charge in [0.2, 0.25) is 5.91 Å². The van der Waals surface area contributed by atoms with Gasteiger partial charge in [0, 0.05) is 31.8 Å². The number of anilines is 1. The van der Waals surface area contributed by atoms with E-state index in [4.69, 9.17) is 4.74 Å². The Labute approximate surface area is 152 Å². The minimum atomic E-state index is -0.323. The first-order chi connectivity index (χ1) is 12.4. The summed E-state index contributed by atoms with van der Waals surface area (Å²) in [7, 11) is 1.70. The molecule has 0 heterocycles. The van der Waals surface area contributed by atoms with Gasteiger partial charge in [0.05, 0.1) is 0 Å². The average molecular weight is 354 g/mol. The molecule has 0 aromatic heterocycles. The molecule has 2 aromatic carbocycles. The number of nitrogens with one attached hydrogen (secondary N) is 1. The number of carbonyl (C=O) groups is 3. The van der Waals surface area contributed by atoms with Crippen LogP contribution in [0.5, 0.6) is 5.75 Å². The number of ether oxygens (including phenoxy) is 1. The quantitative estimate of drug-likeness (QED) is 0.776. The summed E-state index contributed by atoms with van der Waals surface area (Å²) < 4.78 is 5.46. The Morgan fingerprint density at radius 2 is 1.77 bits per heavy atom. The van der Waals surface area contributed by atoms with Gasteiger partial charge in [-0.1, -0.05) is 30.3 Å². The fraction of sp³-hybridized carbons (Fsp3) is 0.250. The van der Waals surface area contributed by atoms with E-state index in [0.29, 0.717) is 23.5 Å². The lowest BCUT2D eigenvalue weighted by molar-refractivity contribution is -0.128. The van der Waals surface area contributed by atoms with Gasteiger partial charge < -0.3 is 15.0 Å². The molecule has 0 aliphatic carbocycles. The van der Waals surface area contributed by atoms with Crippen molar-refractivity contribution < 1.29 is 19.1 Å². The molecule has 0 atom stereocenters. The third-order valence-electron chi connectivity index (χ3n) is 3.85. The average Bonchev–Trinajstić information content (AvgIpc) is 2.61. The molecule has 0 saturated heterocycles. The molecule has 2 amide bonds. The second-order valence-electron chi connectivity index (χ2n) is 5.95. The molecule has 0 saturated carbocycles. The molecule has 26 heavy (non-hydrogen) atoms. The van der Waals surface area contributed by atoms with Crippen molar-refractivity contribution in [1.29, 1.82) is 0 Å². The minimum absolute atomic E-state index is 0.0557. The lowest BCUT2D eigenvalue weighted by atomic mass is 10.1. The number of hydrogen-bond acceptors (Lipinski definition) is 4. The summed E-state index contributed by atoms with van der Waals surface area (Å²) in [5, 5.41) is 2.79.